The largest absolute Gasteiger partial charge is 0.340 e. The quantitative estimate of drug-likeness (QED) is 0.767. The van der Waals surface area contributed by atoms with Crippen LogP contribution in [-0.2, 0) is 4.79 Å². The molecule has 0 spiro atoms. The van der Waals surface area contributed by atoms with Crippen LogP contribution < -0.4 is 0 Å². The van der Waals surface area contributed by atoms with Crippen LogP contribution in [0.1, 0.15) is 51.4 Å². The summed E-state index contributed by atoms with van der Waals surface area (Å²) in [7, 11) is 2.16. The highest BCUT2D eigenvalue weighted by Gasteiger charge is 2.38. The summed E-state index contributed by atoms with van der Waals surface area (Å²) in [5.74, 6) is 0.357. The number of rotatable bonds is 2. The fourth-order valence-corrected chi connectivity index (χ4v) is 4.00. The molecule has 3 aliphatic rings. The standard InChI is InChI=1S/C15H25FN2O/c1-17(14-8-11(16)9-14)12-4-2-6-15(19)18-7-3-5-13(18)10-12/h11-14H,2-10H2,1H3/t11?,12?,13-,14?/m1/s1. The summed E-state index contributed by atoms with van der Waals surface area (Å²) < 4.78 is 13.0. The average molecular weight is 268 g/mol. The maximum absolute atomic E-state index is 13.0. The van der Waals surface area contributed by atoms with Gasteiger partial charge in [-0.15, -0.1) is 0 Å². The second kappa shape index (κ2) is 5.39. The van der Waals surface area contributed by atoms with Crippen molar-refractivity contribution in [1.82, 2.24) is 9.80 Å². The predicted molar refractivity (Wildman–Crippen MR) is 72.7 cm³/mol. The molecule has 3 nitrogen and oxygen atoms in total. The van der Waals surface area contributed by atoms with Crippen LogP contribution in [0.5, 0.6) is 0 Å². The zero-order valence-corrected chi connectivity index (χ0v) is 11.9. The molecule has 1 aliphatic carbocycles. The van der Waals surface area contributed by atoms with Crippen molar-refractivity contribution >= 4 is 5.91 Å². The van der Waals surface area contributed by atoms with Gasteiger partial charge >= 0.3 is 0 Å². The fraction of sp³-hybridized carbons (Fsp3) is 0.933. The minimum atomic E-state index is -0.578. The van der Waals surface area contributed by atoms with Crippen molar-refractivity contribution in [3.8, 4) is 0 Å². The molecular weight excluding hydrogens is 243 g/mol. The smallest absolute Gasteiger partial charge is 0.222 e. The van der Waals surface area contributed by atoms with Gasteiger partial charge in [-0.05, 0) is 52.0 Å². The minimum absolute atomic E-state index is 0.357. The normalized spacial score (nSPS) is 39.7. The van der Waals surface area contributed by atoms with Gasteiger partial charge in [0.25, 0.3) is 0 Å². The van der Waals surface area contributed by atoms with Gasteiger partial charge in [-0.3, -0.25) is 4.79 Å². The molecule has 0 aromatic rings. The number of hydrogen-bond donors (Lipinski definition) is 0. The highest BCUT2D eigenvalue weighted by atomic mass is 19.1. The summed E-state index contributed by atoms with van der Waals surface area (Å²) in [6.45, 7) is 0.954. The van der Waals surface area contributed by atoms with Gasteiger partial charge in [0.05, 0.1) is 0 Å². The molecule has 0 N–H and O–H groups in total. The maximum Gasteiger partial charge on any atom is 0.222 e. The number of hydrogen-bond acceptors (Lipinski definition) is 2. The number of carbonyl (C=O) groups is 1. The topological polar surface area (TPSA) is 23.6 Å². The summed E-state index contributed by atoms with van der Waals surface area (Å²) in [5, 5.41) is 0. The Bertz CT molecular complexity index is 343. The number of alkyl halides is 1. The van der Waals surface area contributed by atoms with Gasteiger partial charge in [0.2, 0.25) is 5.91 Å². The van der Waals surface area contributed by atoms with E-state index in [-0.39, 0.29) is 0 Å². The summed E-state index contributed by atoms with van der Waals surface area (Å²) >= 11 is 0. The van der Waals surface area contributed by atoms with Crippen molar-refractivity contribution < 1.29 is 9.18 Å². The predicted octanol–water partition coefficient (Wildman–Crippen LogP) is 2.35. The van der Waals surface area contributed by atoms with Gasteiger partial charge in [0.15, 0.2) is 0 Å². The Morgan fingerprint density at radius 2 is 1.95 bits per heavy atom. The van der Waals surface area contributed by atoms with Crippen molar-refractivity contribution in [2.24, 2.45) is 0 Å². The number of fused-ring (bicyclic) bond motifs is 1. The van der Waals surface area contributed by atoms with E-state index in [0.717, 1.165) is 38.6 Å². The molecule has 1 amide bonds. The van der Waals surface area contributed by atoms with Crippen molar-refractivity contribution in [2.75, 3.05) is 13.6 Å². The lowest BCUT2D eigenvalue weighted by atomic mass is 9.86. The Kier molecular flexibility index (Phi) is 3.79. The van der Waals surface area contributed by atoms with E-state index in [9.17, 15) is 9.18 Å². The molecule has 3 rings (SSSR count). The highest BCUT2D eigenvalue weighted by Crippen LogP contribution is 2.33. The highest BCUT2D eigenvalue weighted by molar-refractivity contribution is 5.76. The fourth-order valence-electron chi connectivity index (χ4n) is 4.00. The Hall–Kier alpha value is -0.640. The second-order valence-corrected chi connectivity index (χ2v) is 6.55. The summed E-state index contributed by atoms with van der Waals surface area (Å²) in [4.78, 5) is 16.5. The van der Waals surface area contributed by atoms with Crippen LogP contribution >= 0.6 is 0 Å². The van der Waals surface area contributed by atoms with Gasteiger partial charge in [-0.1, -0.05) is 0 Å². The minimum Gasteiger partial charge on any atom is -0.340 e. The molecule has 2 aliphatic heterocycles. The van der Waals surface area contributed by atoms with Gasteiger partial charge in [-0.2, -0.15) is 0 Å². The first-order valence-corrected chi connectivity index (χ1v) is 7.80. The van der Waals surface area contributed by atoms with Crippen LogP contribution in [0.2, 0.25) is 0 Å². The van der Waals surface area contributed by atoms with Crippen molar-refractivity contribution in [3.63, 3.8) is 0 Å². The first-order chi connectivity index (χ1) is 9.15. The maximum atomic E-state index is 13.0. The summed E-state index contributed by atoms with van der Waals surface area (Å²) in [5.41, 5.74) is 0. The SMILES string of the molecule is CN(C1CC(F)C1)C1CCCC(=O)N2CCC[C@@H]2C1. The van der Waals surface area contributed by atoms with Crippen molar-refractivity contribution in [2.45, 2.75) is 75.7 Å². The molecule has 1 saturated carbocycles. The molecule has 4 heteroatoms. The van der Waals surface area contributed by atoms with Crippen LogP contribution in [0.15, 0.2) is 0 Å². The molecule has 0 aromatic carbocycles. The lowest BCUT2D eigenvalue weighted by molar-refractivity contribution is -0.133. The molecule has 2 saturated heterocycles. The number of amides is 1. The van der Waals surface area contributed by atoms with Gasteiger partial charge in [0, 0.05) is 31.1 Å². The van der Waals surface area contributed by atoms with E-state index < -0.39 is 6.17 Å². The lowest BCUT2D eigenvalue weighted by Gasteiger charge is -2.44. The van der Waals surface area contributed by atoms with E-state index in [1.807, 2.05) is 0 Å². The van der Waals surface area contributed by atoms with Crippen LogP contribution in [0.4, 0.5) is 4.39 Å². The van der Waals surface area contributed by atoms with E-state index in [1.54, 1.807) is 0 Å². The van der Waals surface area contributed by atoms with Crippen molar-refractivity contribution in [3.05, 3.63) is 0 Å². The average Bonchev–Trinajstić information content (AvgIpc) is 2.78. The third-order valence-corrected chi connectivity index (χ3v) is 5.38. The van der Waals surface area contributed by atoms with Crippen LogP contribution in [0, 0.1) is 0 Å². The van der Waals surface area contributed by atoms with Gasteiger partial charge in [-0.25, -0.2) is 4.39 Å². The summed E-state index contributed by atoms with van der Waals surface area (Å²) in [6.07, 6.45) is 7.04. The molecule has 0 radical (unpaired) electrons. The zero-order chi connectivity index (χ0) is 13.4. The number of nitrogens with zero attached hydrogens (tertiary/aromatic N) is 2. The van der Waals surface area contributed by atoms with E-state index >= 15 is 0 Å². The number of halogens is 1. The van der Waals surface area contributed by atoms with Crippen LogP contribution in [0.3, 0.4) is 0 Å². The number of carbonyl (C=O) groups excluding carboxylic acids is 1. The van der Waals surface area contributed by atoms with Gasteiger partial charge in [0.1, 0.15) is 6.17 Å². The first kappa shape index (κ1) is 13.3. The second-order valence-electron chi connectivity index (χ2n) is 6.55. The Morgan fingerprint density at radius 1 is 1.16 bits per heavy atom. The first-order valence-electron chi connectivity index (χ1n) is 7.80. The monoisotopic (exact) mass is 268 g/mol. The third-order valence-electron chi connectivity index (χ3n) is 5.38. The molecule has 3 fully saturated rings. The zero-order valence-electron chi connectivity index (χ0n) is 11.9. The molecule has 2 heterocycles. The van der Waals surface area contributed by atoms with Crippen LogP contribution in [-0.4, -0.2) is 53.6 Å². The van der Waals surface area contributed by atoms with E-state index in [1.165, 1.54) is 0 Å². The van der Waals surface area contributed by atoms with E-state index in [2.05, 4.69) is 16.8 Å². The Morgan fingerprint density at radius 3 is 2.68 bits per heavy atom. The lowest BCUT2D eigenvalue weighted by Crippen LogP contribution is -2.51. The van der Waals surface area contributed by atoms with Crippen LogP contribution in [0.25, 0.3) is 0 Å². The molecule has 0 aromatic heterocycles. The van der Waals surface area contributed by atoms with Gasteiger partial charge < -0.3 is 9.80 Å². The molecular formula is C15H25FN2O. The molecule has 19 heavy (non-hydrogen) atoms. The van der Waals surface area contributed by atoms with Crippen molar-refractivity contribution in [1.29, 1.82) is 0 Å². The Balaban J connectivity index is 1.63. The Labute approximate surface area is 115 Å². The molecule has 1 unspecified atom stereocenters. The van der Waals surface area contributed by atoms with E-state index in [4.69, 9.17) is 0 Å². The summed E-state index contributed by atoms with van der Waals surface area (Å²) in [6, 6.07) is 1.42. The van der Waals surface area contributed by atoms with E-state index in [0.29, 0.717) is 43.3 Å². The third kappa shape index (κ3) is 2.64. The molecule has 108 valence electrons. The molecule has 0 bridgehead atoms. The molecule has 2 atom stereocenters.